The highest BCUT2D eigenvalue weighted by Crippen LogP contribution is 2.38. The molecule has 2 aliphatic carbocycles. The molecule has 23 nitrogen and oxygen atoms in total. The molecule has 4 fully saturated rings. The Balaban J connectivity index is 0.000000171. The van der Waals surface area contributed by atoms with Crippen molar-refractivity contribution in [3.8, 4) is 22.5 Å². The van der Waals surface area contributed by atoms with Gasteiger partial charge in [-0.15, -0.1) is 11.3 Å². The minimum absolute atomic E-state index is 0.00165. The summed E-state index contributed by atoms with van der Waals surface area (Å²) in [5.74, 6) is -1.08. The zero-order valence-electron chi connectivity index (χ0n) is 46.1. The van der Waals surface area contributed by atoms with Gasteiger partial charge in [-0.25, -0.2) is 44.1 Å². The molecule has 3 amide bonds. The van der Waals surface area contributed by atoms with Crippen molar-refractivity contribution in [3.05, 3.63) is 119 Å². The van der Waals surface area contributed by atoms with Gasteiger partial charge in [0.15, 0.2) is 21.6 Å². The maximum Gasteiger partial charge on any atom is 0.427 e. The van der Waals surface area contributed by atoms with Gasteiger partial charge in [-0.1, -0.05) is 47.8 Å². The van der Waals surface area contributed by atoms with Gasteiger partial charge in [-0.05, 0) is 83.8 Å². The third-order valence-corrected chi connectivity index (χ3v) is 16.5. The Morgan fingerprint density at radius 3 is 1.54 bits per heavy atom. The number of halogens is 3. The first-order valence-corrected chi connectivity index (χ1v) is 28.7. The molecule has 438 valence electrons. The van der Waals surface area contributed by atoms with Crippen LogP contribution in [0.25, 0.3) is 44.6 Å². The molecular formula is C56H61F3N18O5S2. The number of benzene rings is 2. The number of carbonyl (C=O) groups excluding carboxylic acids is 3. The van der Waals surface area contributed by atoms with Crippen LogP contribution in [0.5, 0.6) is 0 Å². The Bertz CT molecular complexity index is 3740. The smallest absolute Gasteiger partial charge is 0.427 e. The lowest BCUT2D eigenvalue weighted by atomic mass is 10.1. The van der Waals surface area contributed by atoms with Crippen LogP contribution >= 0.6 is 22.7 Å². The molecule has 84 heavy (non-hydrogen) atoms. The number of hydrogen-bond donors (Lipinski definition) is 5. The van der Waals surface area contributed by atoms with E-state index >= 15 is 0 Å². The molecular weight excluding hydrogens is 1130 g/mol. The minimum Gasteiger partial charge on any atom is -0.478 e. The predicted molar refractivity (Wildman–Crippen MR) is 314 cm³/mol. The molecule has 12 rings (SSSR count). The van der Waals surface area contributed by atoms with E-state index in [4.69, 9.17) is 27.4 Å². The number of fused-ring (bicyclic) bond motifs is 2. The molecule has 8 N–H and O–H groups in total. The summed E-state index contributed by atoms with van der Waals surface area (Å²) in [4.78, 5) is 82.4. The number of likely N-dealkylation sites (tertiary alicyclic amines) is 2. The SMILES string of the molecule is CN(C/C=C/C(=O)N1CC[C@@H](n2nc(-c3ccc(C(=O)Nc4ncc(C(F)(F)F)s4)cc3)c3c(N)ncnc32)C1)C1CC1.CN(C/C=C/C(=O)N1CC[C@@H](n2nc(-c3ccc(C(=O)O)cc3)c3c(N)ncnc32)C1)C1CC1.Cc1cnc(N)s1. The van der Waals surface area contributed by atoms with Crippen LogP contribution in [0.1, 0.15) is 81.1 Å². The average Bonchev–Trinajstić information content (AvgIpc) is 3.42. The van der Waals surface area contributed by atoms with Crippen LogP contribution in [-0.2, 0) is 15.8 Å². The second kappa shape index (κ2) is 25.0. The predicted octanol–water partition coefficient (Wildman–Crippen LogP) is 7.46. The van der Waals surface area contributed by atoms with Crippen molar-refractivity contribution < 1.29 is 37.5 Å². The number of carboxylic acids is 1. The van der Waals surface area contributed by atoms with Gasteiger partial charge in [0.2, 0.25) is 11.8 Å². The van der Waals surface area contributed by atoms with E-state index in [2.05, 4.69) is 59.1 Å². The molecule has 28 heteroatoms. The van der Waals surface area contributed by atoms with Crippen molar-refractivity contribution >= 4 is 90.3 Å². The molecule has 0 bridgehead atoms. The maximum atomic E-state index is 12.9. The van der Waals surface area contributed by atoms with Crippen LogP contribution in [0.4, 0.5) is 35.1 Å². The number of alkyl halides is 3. The highest BCUT2D eigenvalue weighted by atomic mass is 32.1. The number of thiazole rings is 2. The monoisotopic (exact) mass is 1190 g/mol. The molecule has 2 aliphatic heterocycles. The first-order chi connectivity index (χ1) is 40.3. The molecule has 0 spiro atoms. The van der Waals surface area contributed by atoms with E-state index in [0.717, 1.165) is 30.0 Å². The number of carbonyl (C=O) groups is 4. The summed E-state index contributed by atoms with van der Waals surface area (Å²) in [6.07, 6.45) is 14.2. The first kappa shape index (κ1) is 58.5. The standard InChI is InChI=1S/C28H28F3N9O2S.C24H27N7O3.C4H6N2S/c1-38(18-8-9-18)11-2-3-21(41)39-12-10-19(14-39)40-25-22(24(32)34-15-35-25)23(37-40)16-4-6-17(7-5-16)26(42)36-27-33-13-20(43-27)28(29,30)31;1-29(17-8-9-17)11-2-3-19(32)30-12-10-18(13-30)31-23-20(22(25)26-14-27-23)21(28-31)15-4-6-16(7-5-15)24(33)34;1-3-2-6-4(5)7-3/h2-7,13,15,18-19H,8-12,14H2,1H3,(H2,32,34,35)(H,33,36,42);2-7,14,17-18H,8-13H2,1H3,(H,33,34)(H2,25,26,27);2H,1H3,(H2,5,6)/b2*3-2+;/t19-;18-;/m11./s1. The lowest BCUT2D eigenvalue weighted by Crippen LogP contribution is -2.28. The van der Waals surface area contributed by atoms with Gasteiger partial charge < -0.3 is 32.1 Å². The van der Waals surface area contributed by atoms with Gasteiger partial charge in [-0.2, -0.15) is 23.4 Å². The quantitative estimate of drug-likeness (QED) is 0.0622. The van der Waals surface area contributed by atoms with E-state index in [1.165, 1.54) is 73.9 Å². The van der Waals surface area contributed by atoms with Crippen LogP contribution in [0.3, 0.4) is 0 Å². The third kappa shape index (κ3) is 13.7. The number of carboxylic acid groups (broad SMARTS) is 1. The number of nitrogens with two attached hydrogens (primary N) is 3. The number of anilines is 4. The molecule has 2 saturated heterocycles. The van der Waals surface area contributed by atoms with Gasteiger partial charge in [0.05, 0.1) is 34.6 Å². The van der Waals surface area contributed by atoms with Crippen molar-refractivity contribution in [2.45, 2.75) is 75.8 Å². The summed E-state index contributed by atoms with van der Waals surface area (Å²) < 4.78 is 42.2. The number of hydrogen-bond acceptors (Lipinski definition) is 19. The Kier molecular flexibility index (Phi) is 17.4. The molecule has 8 heterocycles. The van der Waals surface area contributed by atoms with Crippen molar-refractivity contribution in [2.24, 2.45) is 0 Å². The Morgan fingerprint density at radius 1 is 0.667 bits per heavy atom. The minimum atomic E-state index is -4.53. The maximum absolute atomic E-state index is 12.9. The fourth-order valence-electron chi connectivity index (χ4n) is 9.92. The number of likely N-dealkylation sites (N-methyl/N-ethyl adjacent to an activating group) is 2. The molecule has 8 aromatic rings. The van der Waals surface area contributed by atoms with Gasteiger partial charge in [0, 0.05) is 91.3 Å². The lowest BCUT2D eigenvalue weighted by Gasteiger charge is -2.16. The van der Waals surface area contributed by atoms with E-state index in [1.54, 1.807) is 52.2 Å². The van der Waals surface area contributed by atoms with Gasteiger partial charge in [0.1, 0.15) is 40.6 Å². The Morgan fingerprint density at radius 2 is 1.14 bits per heavy atom. The van der Waals surface area contributed by atoms with E-state index in [0.29, 0.717) is 112 Å². The fourth-order valence-corrected chi connectivity index (χ4v) is 11.1. The number of rotatable bonds is 15. The summed E-state index contributed by atoms with van der Waals surface area (Å²) in [6, 6.07) is 14.0. The second-order valence-electron chi connectivity index (χ2n) is 20.9. The Labute approximate surface area is 487 Å². The van der Waals surface area contributed by atoms with Crippen molar-refractivity contribution in [1.29, 1.82) is 0 Å². The highest BCUT2D eigenvalue weighted by molar-refractivity contribution is 7.16. The topological polar surface area (TPSA) is 305 Å². The second-order valence-corrected chi connectivity index (χ2v) is 23.1. The number of nitrogens with zero attached hydrogens (tertiary/aromatic N) is 14. The van der Waals surface area contributed by atoms with Crippen molar-refractivity contribution in [3.63, 3.8) is 0 Å². The average molecular weight is 1190 g/mol. The third-order valence-electron chi connectivity index (χ3n) is 14.8. The largest absolute Gasteiger partial charge is 0.478 e. The summed E-state index contributed by atoms with van der Waals surface area (Å²) in [5.41, 5.74) is 21.8. The van der Waals surface area contributed by atoms with Gasteiger partial charge in [-0.3, -0.25) is 29.5 Å². The molecule has 6 aromatic heterocycles. The summed E-state index contributed by atoms with van der Waals surface area (Å²) >= 11 is 1.86. The fraction of sp³-hybridized carbons (Fsp3) is 0.357. The Hall–Kier alpha value is -8.73. The zero-order valence-corrected chi connectivity index (χ0v) is 47.7. The number of nitrogen functional groups attached to an aromatic ring is 3. The molecule has 2 aromatic carbocycles. The number of aromatic carboxylic acids is 1. The number of amides is 3. The van der Waals surface area contributed by atoms with E-state index in [1.807, 2.05) is 28.7 Å². The van der Waals surface area contributed by atoms with Crippen LogP contribution in [0, 0.1) is 6.92 Å². The number of aryl methyl sites for hydroxylation is 1. The molecule has 0 unspecified atom stereocenters. The van der Waals surface area contributed by atoms with E-state index in [-0.39, 0.29) is 46.0 Å². The normalized spacial score (nSPS) is 17.1. The van der Waals surface area contributed by atoms with E-state index < -0.39 is 22.9 Å². The summed E-state index contributed by atoms with van der Waals surface area (Å²) in [7, 11) is 4.15. The van der Waals surface area contributed by atoms with Crippen LogP contribution < -0.4 is 22.5 Å². The van der Waals surface area contributed by atoms with Crippen LogP contribution in [0.15, 0.2) is 97.9 Å². The van der Waals surface area contributed by atoms with Gasteiger partial charge in [0.25, 0.3) is 5.91 Å². The molecule has 2 atom stereocenters. The highest BCUT2D eigenvalue weighted by Gasteiger charge is 2.35. The number of nitrogens with one attached hydrogen (secondary N) is 1. The molecule has 0 radical (unpaired) electrons. The summed E-state index contributed by atoms with van der Waals surface area (Å²) in [6.45, 7) is 5.70. The van der Waals surface area contributed by atoms with Crippen molar-refractivity contribution in [2.75, 3.05) is 75.9 Å². The van der Waals surface area contributed by atoms with Crippen LogP contribution in [-0.4, -0.2) is 163 Å². The number of aromatic nitrogens is 10. The summed E-state index contributed by atoms with van der Waals surface area (Å²) in [5, 5.41) is 22.9. The van der Waals surface area contributed by atoms with Gasteiger partial charge >= 0.3 is 12.1 Å². The van der Waals surface area contributed by atoms with E-state index in [9.17, 15) is 37.5 Å². The molecule has 4 aliphatic rings. The van der Waals surface area contributed by atoms with Crippen molar-refractivity contribution in [1.82, 2.24) is 69.1 Å². The lowest BCUT2D eigenvalue weighted by molar-refractivity contribution is -0.134. The molecule has 2 saturated carbocycles. The zero-order chi connectivity index (χ0) is 59.4. The first-order valence-electron chi connectivity index (χ1n) is 27.0. The van der Waals surface area contributed by atoms with Crippen LogP contribution in [0.2, 0.25) is 0 Å².